The molecule has 114 valence electrons. The summed E-state index contributed by atoms with van der Waals surface area (Å²) >= 11 is 0. The number of nitrogens with one attached hydrogen (secondary N) is 1. The Kier molecular flexibility index (Phi) is 11.1. The Balaban J connectivity index is 0.00000361. The highest BCUT2D eigenvalue weighted by Gasteiger charge is 1.97. The van der Waals surface area contributed by atoms with Crippen LogP contribution in [0, 0.1) is 0 Å². The van der Waals surface area contributed by atoms with E-state index < -0.39 is 0 Å². The second kappa shape index (κ2) is 11.7. The van der Waals surface area contributed by atoms with Crippen LogP contribution in [0.25, 0.3) is 0 Å². The van der Waals surface area contributed by atoms with Gasteiger partial charge in [-0.05, 0) is 25.0 Å². The molecule has 0 fully saturated rings. The zero-order chi connectivity index (χ0) is 13.9. The maximum absolute atomic E-state index is 5.76. The number of nitrogens with zero attached hydrogens (tertiary/aromatic N) is 2. The first-order valence-electron chi connectivity index (χ1n) is 6.36. The number of halogens is 1. The van der Waals surface area contributed by atoms with Crippen LogP contribution in [-0.4, -0.2) is 37.8 Å². The van der Waals surface area contributed by atoms with Gasteiger partial charge in [0.25, 0.3) is 0 Å². The molecular weight excluding hydrogens is 371 g/mol. The lowest BCUT2D eigenvalue weighted by Crippen LogP contribution is -2.32. The smallest absolute Gasteiger partial charge is 0.213 e. The molecule has 0 saturated carbocycles. The molecule has 0 saturated heterocycles. The fraction of sp³-hybridized carbons (Fsp3) is 0.538. The Morgan fingerprint density at radius 2 is 2.30 bits per heavy atom. The number of methoxy groups -OCH3 is 1. The van der Waals surface area contributed by atoms with E-state index >= 15 is 0 Å². The highest BCUT2D eigenvalue weighted by atomic mass is 127. The molecule has 0 radical (unpaired) electrons. The molecule has 6 nitrogen and oxygen atoms in total. The second-order valence-electron chi connectivity index (χ2n) is 3.89. The van der Waals surface area contributed by atoms with Crippen LogP contribution in [0.15, 0.2) is 23.3 Å². The number of ether oxygens (including phenoxy) is 2. The number of hydrogen-bond acceptors (Lipinski definition) is 4. The van der Waals surface area contributed by atoms with Crippen LogP contribution in [0.5, 0.6) is 5.88 Å². The number of aromatic nitrogens is 1. The lowest BCUT2D eigenvalue weighted by atomic mass is 10.3. The molecule has 20 heavy (non-hydrogen) atoms. The van der Waals surface area contributed by atoms with Gasteiger partial charge in [-0.1, -0.05) is 0 Å². The Morgan fingerprint density at radius 3 is 3.00 bits per heavy atom. The summed E-state index contributed by atoms with van der Waals surface area (Å²) in [5.74, 6) is 1.02. The lowest BCUT2D eigenvalue weighted by molar-refractivity contribution is 0.145. The number of pyridine rings is 1. The minimum Gasteiger partial charge on any atom is -0.481 e. The molecule has 0 aliphatic carbocycles. The van der Waals surface area contributed by atoms with Gasteiger partial charge in [0.15, 0.2) is 5.96 Å². The zero-order valence-electron chi connectivity index (χ0n) is 12.0. The molecule has 0 bridgehead atoms. The van der Waals surface area contributed by atoms with Crippen LogP contribution >= 0.6 is 24.0 Å². The van der Waals surface area contributed by atoms with Gasteiger partial charge >= 0.3 is 0 Å². The Morgan fingerprint density at radius 1 is 1.50 bits per heavy atom. The van der Waals surface area contributed by atoms with E-state index in [2.05, 4.69) is 15.3 Å². The number of aliphatic imine (C=N–C) groups is 1. The molecule has 1 heterocycles. The van der Waals surface area contributed by atoms with Crippen LogP contribution in [0.3, 0.4) is 0 Å². The number of nitrogens with two attached hydrogens (primary N) is 1. The summed E-state index contributed by atoms with van der Waals surface area (Å²) in [6.07, 6.45) is 2.60. The van der Waals surface area contributed by atoms with Gasteiger partial charge in [-0.15, -0.1) is 24.0 Å². The summed E-state index contributed by atoms with van der Waals surface area (Å²) < 4.78 is 10.3. The topological polar surface area (TPSA) is 81.8 Å². The molecule has 0 spiro atoms. The second-order valence-corrected chi connectivity index (χ2v) is 3.89. The largest absolute Gasteiger partial charge is 0.481 e. The molecule has 0 atom stereocenters. The summed E-state index contributed by atoms with van der Waals surface area (Å²) in [5.41, 5.74) is 6.76. The van der Waals surface area contributed by atoms with E-state index in [1.165, 1.54) is 0 Å². The third-order valence-corrected chi connectivity index (χ3v) is 2.42. The average molecular weight is 394 g/mol. The molecule has 0 amide bonds. The fourth-order valence-electron chi connectivity index (χ4n) is 1.43. The zero-order valence-corrected chi connectivity index (χ0v) is 14.3. The van der Waals surface area contributed by atoms with Gasteiger partial charge in [0.2, 0.25) is 5.88 Å². The Labute approximate surface area is 137 Å². The van der Waals surface area contributed by atoms with Crippen molar-refractivity contribution in [1.29, 1.82) is 0 Å². The normalized spacial score (nSPS) is 10.8. The summed E-state index contributed by atoms with van der Waals surface area (Å²) in [6.45, 7) is 4.72. The van der Waals surface area contributed by atoms with E-state index in [-0.39, 0.29) is 24.0 Å². The summed E-state index contributed by atoms with van der Waals surface area (Å²) in [5, 5.41) is 3.04. The van der Waals surface area contributed by atoms with Crippen molar-refractivity contribution in [2.24, 2.45) is 10.7 Å². The highest BCUT2D eigenvalue weighted by Crippen LogP contribution is 2.09. The van der Waals surface area contributed by atoms with Gasteiger partial charge in [0, 0.05) is 32.0 Å². The minimum absolute atomic E-state index is 0. The molecule has 3 N–H and O–H groups in total. The Hall–Kier alpha value is -1.09. The molecule has 7 heteroatoms. The van der Waals surface area contributed by atoms with E-state index in [1.807, 2.05) is 19.1 Å². The van der Waals surface area contributed by atoms with Crippen molar-refractivity contribution in [2.75, 3.05) is 26.9 Å². The van der Waals surface area contributed by atoms with Gasteiger partial charge in [0.1, 0.15) is 0 Å². The van der Waals surface area contributed by atoms with Crippen LogP contribution < -0.4 is 15.8 Å². The Bertz CT molecular complexity index is 402. The summed E-state index contributed by atoms with van der Waals surface area (Å²) in [7, 11) is 1.59. The van der Waals surface area contributed by atoms with E-state index in [0.717, 1.165) is 31.7 Å². The van der Waals surface area contributed by atoms with Crippen LogP contribution in [0.1, 0.15) is 18.9 Å². The van der Waals surface area contributed by atoms with Crippen molar-refractivity contribution >= 4 is 29.9 Å². The van der Waals surface area contributed by atoms with Gasteiger partial charge in [-0.3, -0.25) is 0 Å². The van der Waals surface area contributed by atoms with Gasteiger partial charge in [-0.2, -0.15) is 0 Å². The maximum atomic E-state index is 5.76. The monoisotopic (exact) mass is 394 g/mol. The lowest BCUT2D eigenvalue weighted by Gasteiger charge is -2.06. The van der Waals surface area contributed by atoms with Gasteiger partial charge in [-0.25, -0.2) is 9.98 Å². The number of rotatable bonds is 8. The van der Waals surface area contributed by atoms with E-state index in [4.69, 9.17) is 15.2 Å². The van der Waals surface area contributed by atoms with E-state index in [0.29, 0.717) is 18.4 Å². The molecule has 0 unspecified atom stereocenters. The van der Waals surface area contributed by atoms with Crippen LogP contribution in [0.4, 0.5) is 0 Å². The molecule has 1 rings (SSSR count). The molecule has 1 aromatic heterocycles. The minimum atomic E-state index is 0. The van der Waals surface area contributed by atoms with Crippen molar-refractivity contribution < 1.29 is 9.47 Å². The summed E-state index contributed by atoms with van der Waals surface area (Å²) in [4.78, 5) is 8.28. The fourth-order valence-corrected chi connectivity index (χ4v) is 1.43. The predicted octanol–water partition coefficient (Wildman–Crippen LogP) is 1.54. The molecule has 0 aliphatic heterocycles. The molecule has 0 aliphatic rings. The third kappa shape index (κ3) is 8.16. The molecular formula is C13H23IN4O2. The van der Waals surface area contributed by atoms with Gasteiger partial charge < -0.3 is 20.5 Å². The van der Waals surface area contributed by atoms with Crippen molar-refractivity contribution in [2.45, 2.75) is 19.9 Å². The molecule has 1 aromatic rings. The van der Waals surface area contributed by atoms with Crippen molar-refractivity contribution in [3.63, 3.8) is 0 Å². The highest BCUT2D eigenvalue weighted by molar-refractivity contribution is 14.0. The maximum Gasteiger partial charge on any atom is 0.213 e. The first-order chi connectivity index (χ1) is 9.26. The number of hydrogen-bond donors (Lipinski definition) is 2. The van der Waals surface area contributed by atoms with Crippen LogP contribution in [-0.2, 0) is 11.3 Å². The van der Waals surface area contributed by atoms with Gasteiger partial charge in [0.05, 0.1) is 13.7 Å². The number of guanidine groups is 1. The average Bonchev–Trinajstić information content (AvgIpc) is 2.45. The standard InChI is InChI=1S/C13H22N4O2.HI/c1-3-19-8-4-6-16-13(14)17-10-11-5-7-15-12(9-11)18-2;/h5,7,9H,3-4,6,8,10H2,1-2H3,(H3,14,16,17);1H. The quantitative estimate of drug-likeness (QED) is 0.303. The first-order valence-corrected chi connectivity index (χ1v) is 6.36. The third-order valence-electron chi connectivity index (χ3n) is 2.42. The van der Waals surface area contributed by atoms with E-state index in [1.54, 1.807) is 13.3 Å². The SMILES string of the molecule is CCOCCCNC(N)=NCc1ccnc(OC)c1.I. The van der Waals surface area contributed by atoms with Crippen molar-refractivity contribution in [3.05, 3.63) is 23.9 Å². The van der Waals surface area contributed by atoms with E-state index in [9.17, 15) is 0 Å². The predicted molar refractivity (Wildman–Crippen MR) is 90.6 cm³/mol. The summed E-state index contributed by atoms with van der Waals surface area (Å²) in [6, 6.07) is 3.72. The first kappa shape index (κ1) is 18.9. The van der Waals surface area contributed by atoms with Crippen LogP contribution in [0.2, 0.25) is 0 Å². The van der Waals surface area contributed by atoms with Crippen molar-refractivity contribution in [3.8, 4) is 5.88 Å². The van der Waals surface area contributed by atoms with Crippen molar-refractivity contribution in [1.82, 2.24) is 10.3 Å². The molecule has 0 aromatic carbocycles.